The molecule has 2 saturated carbocycles. The molecule has 3 heterocycles. The number of fused-ring (bicyclic) bond motifs is 2. The van der Waals surface area contributed by atoms with Crippen LogP contribution in [0.4, 0.5) is 4.79 Å². The Morgan fingerprint density at radius 1 is 1.06 bits per heavy atom. The van der Waals surface area contributed by atoms with Gasteiger partial charge in [-0.2, -0.15) is 0 Å². The number of hydrogen-bond acceptors (Lipinski definition) is 11. The van der Waals surface area contributed by atoms with Gasteiger partial charge in [-0.05, 0) is 66.2 Å². The minimum Gasteiger partial charge on any atom is -0.457 e. The van der Waals surface area contributed by atoms with Crippen LogP contribution in [0.1, 0.15) is 94.7 Å². The number of allylic oxidation sites excluding steroid dienone is 1. The van der Waals surface area contributed by atoms with E-state index in [-0.39, 0.29) is 42.8 Å². The van der Waals surface area contributed by atoms with E-state index in [1.54, 1.807) is 52.0 Å². The van der Waals surface area contributed by atoms with Gasteiger partial charge in [0.15, 0.2) is 0 Å². The second kappa shape index (κ2) is 15.0. The van der Waals surface area contributed by atoms with E-state index in [9.17, 15) is 32.4 Å². The van der Waals surface area contributed by atoms with Gasteiger partial charge in [0.1, 0.15) is 46.3 Å². The fourth-order valence-corrected chi connectivity index (χ4v) is 8.28. The summed E-state index contributed by atoms with van der Waals surface area (Å²) < 4.78 is 44.5. The summed E-state index contributed by atoms with van der Waals surface area (Å²) in [7, 11) is -3.92. The highest BCUT2D eigenvalue weighted by Crippen LogP contribution is 2.46. The number of nitrogens with zero attached hydrogens (tertiary/aromatic N) is 2. The lowest BCUT2D eigenvalue weighted by molar-refractivity contribution is -0.141. The second-order valence-electron chi connectivity index (χ2n) is 15.3. The van der Waals surface area contributed by atoms with Crippen molar-refractivity contribution in [2.24, 2.45) is 5.92 Å². The molecular formula is C37H47N5O10S. The number of carbonyl (C=O) groups excluding carboxylic acids is 5. The molecule has 4 aliphatic rings. The fourth-order valence-electron chi connectivity index (χ4n) is 6.91. The maximum atomic E-state index is 14.4. The number of esters is 1. The maximum Gasteiger partial charge on any atom is 0.408 e. The van der Waals surface area contributed by atoms with Crippen LogP contribution in [-0.2, 0) is 33.9 Å². The first-order valence-electron chi connectivity index (χ1n) is 18.2. The quantitative estimate of drug-likeness (QED) is 0.275. The third-order valence-corrected chi connectivity index (χ3v) is 11.7. The van der Waals surface area contributed by atoms with Crippen LogP contribution in [0.5, 0.6) is 0 Å². The molecule has 15 nitrogen and oxygen atoms in total. The molecule has 0 spiro atoms. The van der Waals surface area contributed by atoms with E-state index >= 15 is 0 Å². The van der Waals surface area contributed by atoms with Gasteiger partial charge in [0.05, 0.1) is 11.8 Å². The third kappa shape index (κ3) is 8.74. The molecule has 0 radical (unpaired) electrons. The monoisotopic (exact) mass is 753 g/mol. The van der Waals surface area contributed by atoms with Crippen molar-refractivity contribution < 1.29 is 46.4 Å². The Kier molecular flexibility index (Phi) is 10.7. The lowest BCUT2D eigenvalue weighted by Gasteiger charge is -2.30. The third-order valence-electron chi connectivity index (χ3n) is 9.92. The highest BCUT2D eigenvalue weighted by Gasteiger charge is 2.62. The molecule has 2 aromatic rings. The van der Waals surface area contributed by atoms with Crippen LogP contribution in [0.3, 0.4) is 0 Å². The van der Waals surface area contributed by atoms with Gasteiger partial charge in [-0.1, -0.05) is 60.5 Å². The first-order chi connectivity index (χ1) is 25.1. The Bertz CT molecular complexity index is 1880. The number of benzene rings is 1. The molecule has 3 N–H and O–H groups in total. The molecule has 2 aliphatic carbocycles. The Labute approximate surface area is 308 Å². The Morgan fingerprint density at radius 3 is 2.49 bits per heavy atom. The van der Waals surface area contributed by atoms with E-state index in [4.69, 9.17) is 14.0 Å². The van der Waals surface area contributed by atoms with Crippen molar-refractivity contribution in [2.45, 2.75) is 120 Å². The summed E-state index contributed by atoms with van der Waals surface area (Å²) in [6, 6.07) is 6.62. The molecule has 16 heteroatoms. The van der Waals surface area contributed by atoms with Gasteiger partial charge in [-0.15, -0.1) is 0 Å². The first kappa shape index (κ1) is 38.0. The lowest BCUT2D eigenvalue weighted by Crippen LogP contribution is -2.58. The predicted molar refractivity (Wildman–Crippen MR) is 190 cm³/mol. The lowest BCUT2D eigenvalue weighted by atomic mass is 10.0. The summed E-state index contributed by atoms with van der Waals surface area (Å²) in [6.07, 6.45) is 5.87. The molecule has 2 aliphatic heterocycles. The minimum absolute atomic E-state index is 0.0982. The number of sulfonamides is 1. The average molecular weight is 754 g/mol. The molecule has 0 unspecified atom stereocenters. The zero-order chi connectivity index (χ0) is 38.1. The van der Waals surface area contributed by atoms with Crippen LogP contribution in [0.25, 0.3) is 11.3 Å². The normalized spacial score (nSPS) is 27.2. The van der Waals surface area contributed by atoms with Crippen LogP contribution in [0.2, 0.25) is 0 Å². The SMILES string of the molecule is Cc1onc(-c2ccccc2)c1C(=O)O[C@@H]1C[C@H]2C(=O)N[C@]3(C(=O)NS(=O)(=O)C4CC4)C[C@H]3/C=C\CCCCC[C@H](NC(=O)OC(C)(C)C)C(=O)N2C1. The van der Waals surface area contributed by atoms with E-state index in [0.717, 1.165) is 12.8 Å². The van der Waals surface area contributed by atoms with Gasteiger partial charge in [-0.3, -0.25) is 19.1 Å². The largest absolute Gasteiger partial charge is 0.457 e. The highest BCUT2D eigenvalue weighted by molar-refractivity contribution is 7.91. The zero-order valence-corrected chi connectivity index (χ0v) is 31.2. The summed E-state index contributed by atoms with van der Waals surface area (Å²) in [5.74, 6) is -3.16. The molecule has 1 aromatic heterocycles. The molecular weight excluding hydrogens is 706 g/mol. The Hall–Kier alpha value is -4.73. The van der Waals surface area contributed by atoms with Gasteiger partial charge in [0.25, 0.3) is 5.91 Å². The number of amides is 4. The Balaban J connectivity index is 1.29. The molecule has 1 saturated heterocycles. The van der Waals surface area contributed by atoms with Crippen LogP contribution >= 0.6 is 0 Å². The number of carbonyl (C=O) groups is 5. The van der Waals surface area contributed by atoms with Crippen molar-refractivity contribution in [1.29, 1.82) is 0 Å². The van der Waals surface area contributed by atoms with Gasteiger partial charge >= 0.3 is 12.1 Å². The smallest absolute Gasteiger partial charge is 0.408 e. The summed E-state index contributed by atoms with van der Waals surface area (Å²) >= 11 is 0. The van der Waals surface area contributed by atoms with Crippen molar-refractivity contribution in [2.75, 3.05) is 6.54 Å². The molecule has 4 amide bonds. The predicted octanol–water partition coefficient (Wildman–Crippen LogP) is 3.67. The summed E-state index contributed by atoms with van der Waals surface area (Å²) in [5.41, 5.74) is -1.39. The molecule has 0 bridgehead atoms. The summed E-state index contributed by atoms with van der Waals surface area (Å²) in [5, 5.41) is 8.89. The van der Waals surface area contributed by atoms with Crippen molar-refractivity contribution in [3.05, 3.63) is 53.8 Å². The number of rotatable bonds is 7. The fraction of sp³-hybridized carbons (Fsp3) is 0.568. The molecule has 3 fully saturated rings. The summed E-state index contributed by atoms with van der Waals surface area (Å²) in [4.78, 5) is 70.2. The molecule has 1 aromatic carbocycles. The van der Waals surface area contributed by atoms with Gasteiger partial charge < -0.3 is 29.5 Å². The topological polar surface area (TPSA) is 203 Å². The maximum absolute atomic E-state index is 14.4. The number of aromatic nitrogens is 1. The first-order valence-corrected chi connectivity index (χ1v) is 19.7. The zero-order valence-electron chi connectivity index (χ0n) is 30.4. The van der Waals surface area contributed by atoms with Crippen molar-refractivity contribution in [1.82, 2.24) is 25.4 Å². The number of ether oxygens (including phenoxy) is 2. The Morgan fingerprint density at radius 2 is 1.79 bits per heavy atom. The molecule has 5 atom stereocenters. The van der Waals surface area contributed by atoms with E-state index < -0.39 is 80.3 Å². The number of hydrogen-bond donors (Lipinski definition) is 3. The van der Waals surface area contributed by atoms with Crippen LogP contribution < -0.4 is 15.4 Å². The number of nitrogens with one attached hydrogen (secondary N) is 3. The van der Waals surface area contributed by atoms with Crippen molar-refractivity contribution >= 4 is 39.8 Å². The van der Waals surface area contributed by atoms with Gasteiger partial charge in [-0.25, -0.2) is 18.0 Å². The van der Waals surface area contributed by atoms with Crippen molar-refractivity contribution in [3.63, 3.8) is 0 Å². The summed E-state index contributed by atoms with van der Waals surface area (Å²) in [6.45, 7) is 6.48. The molecule has 6 rings (SSSR count). The van der Waals surface area contributed by atoms with Crippen LogP contribution in [-0.4, -0.2) is 89.4 Å². The van der Waals surface area contributed by atoms with Gasteiger partial charge in [0.2, 0.25) is 21.8 Å². The number of aryl methyl sites for hydroxylation is 1. The highest BCUT2D eigenvalue weighted by atomic mass is 32.2. The number of alkyl carbamates (subject to hydrolysis) is 1. The van der Waals surface area contributed by atoms with E-state index in [1.807, 2.05) is 18.2 Å². The van der Waals surface area contributed by atoms with E-state index in [1.165, 1.54) is 4.90 Å². The average Bonchev–Trinajstić information content (AvgIpc) is 3.98. The standard InChI is InChI=1S/C37H47N5O10S/c1-22-29(30(40-52-22)23-13-9-8-10-14-23)33(45)50-25-19-28-31(43)39-37(34(46)41-53(48,49)26-17-18-26)20-24(37)15-11-6-5-7-12-16-27(32(44)42(28)21-25)38-35(47)51-36(2,3)4/h8-11,13-15,24-28H,5-7,12,16-21H2,1-4H3,(H,38,47)(H,39,43)(H,41,46)/b15-11-/t24-,25-,27+,28+,37-/m1/s1. The van der Waals surface area contributed by atoms with E-state index in [0.29, 0.717) is 31.2 Å². The minimum atomic E-state index is -3.92. The van der Waals surface area contributed by atoms with Crippen LogP contribution in [0.15, 0.2) is 47.0 Å². The molecule has 286 valence electrons. The molecule has 53 heavy (non-hydrogen) atoms. The second-order valence-corrected chi connectivity index (χ2v) is 17.3. The van der Waals surface area contributed by atoms with Gasteiger partial charge in [0, 0.05) is 17.9 Å². The van der Waals surface area contributed by atoms with Crippen molar-refractivity contribution in [3.8, 4) is 11.3 Å². The van der Waals surface area contributed by atoms with Crippen LogP contribution in [0, 0.1) is 12.8 Å². The van der Waals surface area contributed by atoms with E-state index in [2.05, 4.69) is 20.5 Å².